The molecule has 0 saturated carbocycles. The van der Waals surface area contributed by atoms with E-state index in [1.165, 1.54) is 12.8 Å². The summed E-state index contributed by atoms with van der Waals surface area (Å²) >= 11 is 1.86. The van der Waals surface area contributed by atoms with Crippen molar-refractivity contribution in [3.63, 3.8) is 0 Å². The third-order valence-electron chi connectivity index (χ3n) is 2.37. The molecule has 1 aromatic heterocycles. The van der Waals surface area contributed by atoms with Gasteiger partial charge < -0.3 is 5.32 Å². The van der Waals surface area contributed by atoms with Crippen molar-refractivity contribution in [3.8, 4) is 0 Å². The van der Waals surface area contributed by atoms with Crippen LogP contribution in [-0.4, -0.2) is 28.3 Å². The molecule has 4 heteroatoms. The summed E-state index contributed by atoms with van der Waals surface area (Å²) < 4.78 is 0. The highest BCUT2D eigenvalue weighted by Crippen LogP contribution is 2.26. The molecule has 0 bridgehead atoms. The third kappa shape index (κ3) is 2.45. The Labute approximate surface area is 88.7 Å². The molecule has 0 aliphatic carbocycles. The zero-order valence-electron chi connectivity index (χ0n) is 8.36. The molecule has 1 atom stereocenters. The molecule has 1 aliphatic heterocycles. The number of nitrogens with one attached hydrogen (secondary N) is 1. The second kappa shape index (κ2) is 4.75. The Bertz CT molecular complexity index is 297. The van der Waals surface area contributed by atoms with Crippen LogP contribution in [0.3, 0.4) is 0 Å². The molecule has 3 nitrogen and oxygen atoms in total. The van der Waals surface area contributed by atoms with E-state index in [4.69, 9.17) is 0 Å². The molecule has 2 heterocycles. The minimum absolute atomic E-state index is 0.666. The monoisotopic (exact) mass is 209 g/mol. The second-order valence-corrected chi connectivity index (χ2v) is 4.82. The van der Waals surface area contributed by atoms with Crippen molar-refractivity contribution in [2.45, 2.75) is 30.0 Å². The van der Waals surface area contributed by atoms with Crippen LogP contribution in [0.2, 0.25) is 0 Å². The Morgan fingerprint density at radius 3 is 3.00 bits per heavy atom. The standard InChI is InChI=1S/C10H15N3S/c1-8-10(13-6-5-12-8)14-9-3-2-4-11-7-9/h5-6,9,11H,2-4,7H2,1H3. The van der Waals surface area contributed by atoms with Gasteiger partial charge in [0.25, 0.3) is 0 Å². The second-order valence-electron chi connectivity index (χ2n) is 3.53. The Morgan fingerprint density at radius 1 is 1.43 bits per heavy atom. The van der Waals surface area contributed by atoms with Crippen LogP contribution in [0.4, 0.5) is 0 Å². The van der Waals surface area contributed by atoms with Gasteiger partial charge in [-0.15, -0.1) is 0 Å². The maximum atomic E-state index is 4.35. The van der Waals surface area contributed by atoms with Crippen LogP contribution >= 0.6 is 11.8 Å². The first-order valence-electron chi connectivity index (χ1n) is 5.01. The van der Waals surface area contributed by atoms with Crippen molar-refractivity contribution in [2.75, 3.05) is 13.1 Å². The molecule has 2 rings (SSSR count). The van der Waals surface area contributed by atoms with Gasteiger partial charge in [0.05, 0.1) is 5.69 Å². The summed E-state index contributed by atoms with van der Waals surface area (Å²) in [7, 11) is 0. The van der Waals surface area contributed by atoms with Crippen LogP contribution in [0.25, 0.3) is 0 Å². The average molecular weight is 209 g/mol. The number of piperidine rings is 1. The highest BCUT2D eigenvalue weighted by molar-refractivity contribution is 7.99. The maximum Gasteiger partial charge on any atom is 0.118 e. The molecule has 76 valence electrons. The van der Waals surface area contributed by atoms with Gasteiger partial charge in [-0.05, 0) is 26.3 Å². The van der Waals surface area contributed by atoms with Gasteiger partial charge in [0.15, 0.2) is 0 Å². The topological polar surface area (TPSA) is 37.8 Å². The predicted octanol–water partition coefficient (Wildman–Crippen LogP) is 1.63. The smallest absolute Gasteiger partial charge is 0.118 e. The highest BCUT2D eigenvalue weighted by Gasteiger charge is 2.15. The zero-order chi connectivity index (χ0) is 9.80. The average Bonchev–Trinajstić information content (AvgIpc) is 2.23. The number of hydrogen-bond acceptors (Lipinski definition) is 4. The van der Waals surface area contributed by atoms with Crippen molar-refractivity contribution in [2.24, 2.45) is 0 Å². The van der Waals surface area contributed by atoms with Crippen LogP contribution in [0.1, 0.15) is 18.5 Å². The van der Waals surface area contributed by atoms with Gasteiger partial charge in [-0.25, -0.2) is 4.98 Å². The molecule has 0 aromatic carbocycles. The fraction of sp³-hybridized carbons (Fsp3) is 0.600. The summed E-state index contributed by atoms with van der Waals surface area (Å²) in [5.41, 5.74) is 1.04. The summed E-state index contributed by atoms with van der Waals surface area (Å²) in [4.78, 5) is 8.59. The van der Waals surface area contributed by atoms with Crippen molar-refractivity contribution in [3.05, 3.63) is 18.1 Å². The van der Waals surface area contributed by atoms with Gasteiger partial charge >= 0.3 is 0 Å². The van der Waals surface area contributed by atoms with Gasteiger partial charge in [-0.2, -0.15) is 0 Å². The molecule has 14 heavy (non-hydrogen) atoms. The van der Waals surface area contributed by atoms with Gasteiger partial charge in [0.1, 0.15) is 5.03 Å². The third-order valence-corrected chi connectivity index (χ3v) is 3.73. The van der Waals surface area contributed by atoms with Crippen LogP contribution < -0.4 is 5.32 Å². The lowest BCUT2D eigenvalue weighted by molar-refractivity contribution is 0.531. The van der Waals surface area contributed by atoms with Gasteiger partial charge in [-0.3, -0.25) is 4.98 Å². The molecular formula is C10H15N3S. The van der Waals surface area contributed by atoms with Gasteiger partial charge in [0, 0.05) is 24.2 Å². The lowest BCUT2D eigenvalue weighted by atomic mass is 10.2. The number of aromatic nitrogens is 2. The Kier molecular flexibility index (Phi) is 3.37. The van der Waals surface area contributed by atoms with Crippen molar-refractivity contribution in [1.29, 1.82) is 0 Å². The van der Waals surface area contributed by atoms with E-state index in [1.54, 1.807) is 12.4 Å². The van der Waals surface area contributed by atoms with E-state index < -0.39 is 0 Å². The van der Waals surface area contributed by atoms with E-state index in [0.29, 0.717) is 5.25 Å². The summed E-state index contributed by atoms with van der Waals surface area (Å²) in [6.07, 6.45) is 6.08. The van der Waals surface area contributed by atoms with Crippen LogP contribution in [0.15, 0.2) is 17.4 Å². The Morgan fingerprint density at radius 2 is 2.29 bits per heavy atom. The van der Waals surface area contributed by atoms with E-state index in [1.807, 2.05) is 18.7 Å². The van der Waals surface area contributed by atoms with Gasteiger partial charge in [0.2, 0.25) is 0 Å². The minimum atomic E-state index is 0.666. The molecule has 0 radical (unpaired) electrons. The molecular weight excluding hydrogens is 194 g/mol. The molecule has 1 saturated heterocycles. The van der Waals surface area contributed by atoms with E-state index in [9.17, 15) is 0 Å². The first kappa shape index (κ1) is 9.93. The van der Waals surface area contributed by atoms with E-state index >= 15 is 0 Å². The SMILES string of the molecule is Cc1nccnc1SC1CCCNC1. The lowest BCUT2D eigenvalue weighted by Gasteiger charge is -2.21. The fourth-order valence-corrected chi connectivity index (χ4v) is 2.74. The van der Waals surface area contributed by atoms with Crippen molar-refractivity contribution >= 4 is 11.8 Å². The fourth-order valence-electron chi connectivity index (χ4n) is 1.59. The highest BCUT2D eigenvalue weighted by atomic mass is 32.2. The number of hydrogen-bond donors (Lipinski definition) is 1. The summed E-state index contributed by atoms with van der Waals surface area (Å²) in [5, 5.41) is 5.16. The molecule has 0 spiro atoms. The first-order chi connectivity index (χ1) is 6.86. The van der Waals surface area contributed by atoms with Crippen molar-refractivity contribution < 1.29 is 0 Å². The lowest BCUT2D eigenvalue weighted by Crippen LogP contribution is -2.31. The quantitative estimate of drug-likeness (QED) is 0.803. The summed E-state index contributed by atoms with van der Waals surface area (Å²) in [6, 6.07) is 0. The molecule has 0 amide bonds. The zero-order valence-corrected chi connectivity index (χ0v) is 9.18. The summed E-state index contributed by atoms with van der Waals surface area (Å²) in [6.45, 7) is 4.28. The summed E-state index contributed by atoms with van der Waals surface area (Å²) in [5.74, 6) is 0. The van der Waals surface area contributed by atoms with Crippen LogP contribution in [-0.2, 0) is 0 Å². The molecule has 1 fully saturated rings. The number of aryl methyl sites for hydroxylation is 1. The normalized spacial score (nSPS) is 22.2. The largest absolute Gasteiger partial charge is 0.316 e. The van der Waals surface area contributed by atoms with Crippen molar-refractivity contribution in [1.82, 2.24) is 15.3 Å². The van der Waals surface area contributed by atoms with E-state index in [0.717, 1.165) is 23.8 Å². The number of nitrogens with zero attached hydrogens (tertiary/aromatic N) is 2. The van der Waals surface area contributed by atoms with Crippen LogP contribution in [0.5, 0.6) is 0 Å². The predicted molar refractivity (Wildman–Crippen MR) is 58.5 cm³/mol. The number of rotatable bonds is 2. The molecule has 1 aliphatic rings. The van der Waals surface area contributed by atoms with Gasteiger partial charge in [-0.1, -0.05) is 11.8 Å². The van der Waals surface area contributed by atoms with Crippen LogP contribution in [0, 0.1) is 6.92 Å². The number of thioether (sulfide) groups is 1. The molecule has 1 aromatic rings. The molecule has 1 N–H and O–H groups in total. The van der Waals surface area contributed by atoms with E-state index in [2.05, 4.69) is 15.3 Å². The Balaban J connectivity index is 1.99. The first-order valence-corrected chi connectivity index (χ1v) is 5.89. The molecule has 1 unspecified atom stereocenters. The van der Waals surface area contributed by atoms with E-state index in [-0.39, 0.29) is 0 Å². The Hall–Kier alpha value is -0.610. The maximum absolute atomic E-state index is 4.35. The minimum Gasteiger partial charge on any atom is -0.316 e.